The van der Waals surface area contributed by atoms with E-state index in [0.29, 0.717) is 13.0 Å². The largest absolute Gasteiger partial charge is 0.349 e. The van der Waals surface area contributed by atoms with Crippen LogP contribution in [0.25, 0.3) is 0 Å². The molecule has 1 aliphatic carbocycles. The Kier molecular flexibility index (Phi) is 6.50. The first-order chi connectivity index (χ1) is 14.7. The molecule has 1 aliphatic heterocycles. The Hall–Kier alpha value is -2.63. The summed E-state index contributed by atoms with van der Waals surface area (Å²) in [5.74, 6) is 0.152. The van der Waals surface area contributed by atoms with E-state index in [0.717, 1.165) is 57.2 Å². The topological polar surface area (TPSA) is 67.2 Å². The molecular weight excluding hydrogens is 376 g/mol. The molecule has 2 aromatic rings. The zero-order valence-corrected chi connectivity index (χ0v) is 17.8. The maximum absolute atomic E-state index is 13.0. The van der Waals surface area contributed by atoms with Crippen LogP contribution >= 0.6 is 0 Å². The molecule has 6 nitrogen and oxygen atoms in total. The summed E-state index contributed by atoms with van der Waals surface area (Å²) in [6.45, 7) is 4.11. The number of amides is 2. The van der Waals surface area contributed by atoms with E-state index in [1.54, 1.807) is 0 Å². The van der Waals surface area contributed by atoms with Crippen LogP contribution in [-0.2, 0) is 22.6 Å². The van der Waals surface area contributed by atoms with E-state index in [1.165, 1.54) is 11.3 Å². The van der Waals surface area contributed by atoms with Crippen molar-refractivity contribution in [1.29, 1.82) is 0 Å². The fraction of sp³-hybridized carbons (Fsp3) is 0.542. The fourth-order valence-corrected chi connectivity index (χ4v) is 4.74. The lowest BCUT2D eigenvalue weighted by molar-refractivity contribution is -0.136. The van der Waals surface area contributed by atoms with Crippen molar-refractivity contribution >= 4 is 11.8 Å². The van der Waals surface area contributed by atoms with E-state index in [2.05, 4.69) is 27.2 Å². The lowest BCUT2D eigenvalue weighted by Gasteiger charge is -2.33. The smallest absolute Gasteiger partial charge is 0.225 e. The van der Waals surface area contributed by atoms with Gasteiger partial charge >= 0.3 is 0 Å². The van der Waals surface area contributed by atoms with E-state index in [4.69, 9.17) is 0 Å². The average Bonchev–Trinajstić information content (AvgIpc) is 3.18. The van der Waals surface area contributed by atoms with Crippen molar-refractivity contribution in [3.8, 4) is 0 Å². The molecule has 6 heteroatoms. The normalized spacial score (nSPS) is 21.2. The van der Waals surface area contributed by atoms with Crippen molar-refractivity contribution < 1.29 is 9.59 Å². The number of carbonyl (C=O) groups excluding carboxylic acids is 2. The molecular formula is C24H32N4O2. The van der Waals surface area contributed by atoms with Crippen molar-refractivity contribution in [2.24, 2.45) is 5.92 Å². The fourth-order valence-electron chi connectivity index (χ4n) is 4.74. The van der Waals surface area contributed by atoms with Gasteiger partial charge in [0.15, 0.2) is 0 Å². The minimum atomic E-state index is -0.107. The highest BCUT2D eigenvalue weighted by Gasteiger charge is 2.31. The molecule has 2 unspecified atom stereocenters. The first-order valence-corrected chi connectivity index (χ1v) is 11.3. The highest BCUT2D eigenvalue weighted by molar-refractivity contribution is 5.81. The maximum atomic E-state index is 13.0. The number of benzene rings is 1. The van der Waals surface area contributed by atoms with Crippen LogP contribution in [0, 0.1) is 5.92 Å². The Labute approximate surface area is 178 Å². The number of hydrogen-bond donors (Lipinski definition) is 1. The van der Waals surface area contributed by atoms with E-state index >= 15 is 0 Å². The van der Waals surface area contributed by atoms with E-state index in [9.17, 15) is 9.59 Å². The summed E-state index contributed by atoms with van der Waals surface area (Å²) in [5.41, 5.74) is 3.62. The van der Waals surface area contributed by atoms with Gasteiger partial charge in [0.1, 0.15) is 0 Å². The van der Waals surface area contributed by atoms with Gasteiger partial charge in [-0.3, -0.25) is 14.3 Å². The maximum Gasteiger partial charge on any atom is 0.225 e. The Morgan fingerprint density at radius 1 is 1.17 bits per heavy atom. The van der Waals surface area contributed by atoms with Crippen molar-refractivity contribution in [1.82, 2.24) is 20.0 Å². The van der Waals surface area contributed by atoms with Crippen molar-refractivity contribution in [2.75, 3.05) is 13.1 Å². The van der Waals surface area contributed by atoms with Crippen LogP contribution in [0.1, 0.15) is 68.3 Å². The molecule has 30 heavy (non-hydrogen) atoms. The van der Waals surface area contributed by atoms with E-state index < -0.39 is 0 Å². The van der Waals surface area contributed by atoms with Gasteiger partial charge in [-0.25, -0.2) is 0 Å². The Morgan fingerprint density at radius 3 is 2.80 bits per heavy atom. The SMILES string of the molecule is CCCC(=O)N1CCCC(C(=O)NC2CCCc3c2cnn3Cc2ccccc2)C1. The van der Waals surface area contributed by atoms with Crippen LogP contribution in [0.15, 0.2) is 36.5 Å². The van der Waals surface area contributed by atoms with Gasteiger partial charge in [0.05, 0.1) is 24.7 Å². The number of likely N-dealkylation sites (tertiary alicyclic amines) is 1. The number of fused-ring (bicyclic) bond motifs is 1. The van der Waals surface area contributed by atoms with Crippen LogP contribution in [-0.4, -0.2) is 39.6 Å². The molecule has 1 fully saturated rings. The summed E-state index contributed by atoms with van der Waals surface area (Å²) in [4.78, 5) is 27.2. The molecule has 2 atom stereocenters. The van der Waals surface area contributed by atoms with Gasteiger partial charge in [0.2, 0.25) is 11.8 Å². The second kappa shape index (κ2) is 9.45. The van der Waals surface area contributed by atoms with Gasteiger partial charge < -0.3 is 10.2 Å². The van der Waals surface area contributed by atoms with Crippen LogP contribution in [0.3, 0.4) is 0 Å². The molecule has 160 valence electrons. The first kappa shape index (κ1) is 20.6. The van der Waals surface area contributed by atoms with Crippen molar-refractivity contribution in [3.05, 3.63) is 53.3 Å². The molecule has 1 aromatic carbocycles. The van der Waals surface area contributed by atoms with Gasteiger partial charge in [-0.2, -0.15) is 5.10 Å². The summed E-state index contributed by atoms with van der Waals surface area (Å²) in [7, 11) is 0. The third-order valence-electron chi connectivity index (χ3n) is 6.36. The molecule has 1 aromatic heterocycles. The monoisotopic (exact) mass is 408 g/mol. The molecule has 1 N–H and O–H groups in total. The van der Waals surface area contributed by atoms with Gasteiger partial charge in [0.25, 0.3) is 0 Å². The molecule has 2 heterocycles. The van der Waals surface area contributed by atoms with Gasteiger partial charge in [-0.15, -0.1) is 0 Å². The molecule has 0 spiro atoms. The molecule has 0 bridgehead atoms. The van der Waals surface area contributed by atoms with Gasteiger partial charge in [-0.1, -0.05) is 37.3 Å². The minimum Gasteiger partial charge on any atom is -0.349 e. The predicted molar refractivity (Wildman–Crippen MR) is 116 cm³/mol. The van der Waals surface area contributed by atoms with Crippen LogP contribution in [0.5, 0.6) is 0 Å². The number of piperidine rings is 1. The highest BCUT2D eigenvalue weighted by Crippen LogP contribution is 2.31. The third-order valence-corrected chi connectivity index (χ3v) is 6.36. The van der Waals surface area contributed by atoms with Gasteiger partial charge in [0, 0.05) is 30.8 Å². The molecule has 1 saturated heterocycles. The molecule has 0 radical (unpaired) electrons. The standard InChI is InChI=1S/C24H32N4O2/c1-2-8-23(29)27-14-7-11-19(17-27)24(30)26-21-12-6-13-22-20(21)15-25-28(22)16-18-9-4-3-5-10-18/h3-5,9-10,15,19,21H,2,6-8,11-14,16-17H2,1H3,(H,26,30). The van der Waals surface area contributed by atoms with Gasteiger partial charge in [-0.05, 0) is 44.1 Å². The summed E-state index contributed by atoms with van der Waals surface area (Å²) < 4.78 is 2.08. The second-order valence-corrected chi connectivity index (χ2v) is 8.57. The Morgan fingerprint density at radius 2 is 2.00 bits per heavy atom. The van der Waals surface area contributed by atoms with Crippen molar-refractivity contribution in [3.63, 3.8) is 0 Å². The second-order valence-electron chi connectivity index (χ2n) is 8.57. The summed E-state index contributed by atoms with van der Waals surface area (Å²) in [6.07, 6.45) is 8.10. The van der Waals surface area contributed by atoms with Crippen LogP contribution in [0.2, 0.25) is 0 Å². The number of nitrogens with zero attached hydrogens (tertiary/aromatic N) is 3. The highest BCUT2D eigenvalue weighted by atomic mass is 16.2. The predicted octanol–water partition coefficient (Wildman–Crippen LogP) is 3.46. The Bertz CT molecular complexity index is 877. The summed E-state index contributed by atoms with van der Waals surface area (Å²) in [6, 6.07) is 10.4. The van der Waals surface area contributed by atoms with Crippen LogP contribution in [0.4, 0.5) is 0 Å². The number of nitrogens with one attached hydrogen (secondary N) is 1. The molecule has 2 amide bonds. The van der Waals surface area contributed by atoms with Crippen LogP contribution < -0.4 is 5.32 Å². The zero-order valence-electron chi connectivity index (χ0n) is 17.8. The lowest BCUT2D eigenvalue weighted by atomic mass is 9.91. The summed E-state index contributed by atoms with van der Waals surface area (Å²) in [5, 5.41) is 7.91. The third kappa shape index (κ3) is 4.58. The summed E-state index contributed by atoms with van der Waals surface area (Å²) >= 11 is 0. The molecule has 0 saturated carbocycles. The first-order valence-electron chi connectivity index (χ1n) is 11.3. The number of aromatic nitrogens is 2. The quantitative estimate of drug-likeness (QED) is 0.796. The van der Waals surface area contributed by atoms with E-state index in [-0.39, 0.29) is 23.8 Å². The average molecular weight is 409 g/mol. The minimum absolute atomic E-state index is 0.0208. The number of hydrogen-bond acceptors (Lipinski definition) is 3. The zero-order chi connectivity index (χ0) is 20.9. The Balaban J connectivity index is 1.41. The van der Waals surface area contributed by atoms with Crippen molar-refractivity contribution in [2.45, 2.75) is 64.5 Å². The van der Waals surface area contributed by atoms with E-state index in [1.807, 2.05) is 36.2 Å². The molecule has 4 rings (SSSR count). The number of carbonyl (C=O) groups is 2. The molecule has 2 aliphatic rings. The lowest BCUT2D eigenvalue weighted by Crippen LogP contribution is -2.46. The number of rotatable bonds is 6.